The molecule has 1 atom stereocenters. The van der Waals surface area contributed by atoms with E-state index in [0.717, 1.165) is 11.1 Å². The van der Waals surface area contributed by atoms with E-state index < -0.39 is 5.97 Å². The van der Waals surface area contributed by atoms with Crippen molar-refractivity contribution in [2.75, 3.05) is 0 Å². The SMILES string of the molecule is Cc1ccc(F)c(C)c1C(C)CC(=O)O. The third-order valence-electron chi connectivity index (χ3n) is 2.64. The zero-order chi connectivity index (χ0) is 11.6. The minimum absolute atomic E-state index is 0.0329. The Bertz CT molecular complexity index is 385. The summed E-state index contributed by atoms with van der Waals surface area (Å²) >= 11 is 0. The van der Waals surface area contributed by atoms with Gasteiger partial charge in [-0.1, -0.05) is 13.0 Å². The Labute approximate surface area is 88.7 Å². The first kappa shape index (κ1) is 11.7. The van der Waals surface area contributed by atoms with Crippen LogP contribution >= 0.6 is 0 Å². The maximum absolute atomic E-state index is 13.3. The van der Waals surface area contributed by atoms with Gasteiger partial charge in [-0.05, 0) is 42.5 Å². The van der Waals surface area contributed by atoms with Crippen molar-refractivity contribution in [2.45, 2.75) is 33.1 Å². The maximum Gasteiger partial charge on any atom is 0.303 e. The highest BCUT2D eigenvalue weighted by molar-refractivity contribution is 5.68. The first-order chi connectivity index (χ1) is 6.93. The number of hydrogen-bond donors (Lipinski definition) is 1. The molecule has 0 aromatic heterocycles. The number of carbonyl (C=O) groups is 1. The molecule has 0 saturated carbocycles. The van der Waals surface area contributed by atoms with Crippen LogP contribution in [0.5, 0.6) is 0 Å². The molecule has 0 heterocycles. The second kappa shape index (κ2) is 4.43. The van der Waals surface area contributed by atoms with Gasteiger partial charge in [0.25, 0.3) is 0 Å². The predicted molar refractivity (Wildman–Crippen MR) is 56.5 cm³/mol. The Kier molecular flexibility index (Phi) is 3.45. The number of aliphatic carboxylic acids is 1. The van der Waals surface area contributed by atoms with Crippen LogP contribution in [0.25, 0.3) is 0 Å². The third-order valence-corrected chi connectivity index (χ3v) is 2.64. The van der Waals surface area contributed by atoms with E-state index in [4.69, 9.17) is 5.11 Å². The average molecular weight is 210 g/mol. The van der Waals surface area contributed by atoms with Crippen LogP contribution in [0.2, 0.25) is 0 Å². The summed E-state index contributed by atoms with van der Waals surface area (Å²) in [7, 11) is 0. The standard InChI is InChI=1S/C12H15FO2/c1-7-4-5-10(13)9(3)12(7)8(2)6-11(14)15/h4-5,8H,6H2,1-3H3,(H,14,15). The number of rotatable bonds is 3. The van der Waals surface area contributed by atoms with Gasteiger partial charge in [0.15, 0.2) is 0 Å². The van der Waals surface area contributed by atoms with Gasteiger partial charge in [0.2, 0.25) is 0 Å². The van der Waals surface area contributed by atoms with Gasteiger partial charge >= 0.3 is 5.97 Å². The second-order valence-electron chi connectivity index (χ2n) is 3.90. The lowest BCUT2D eigenvalue weighted by Crippen LogP contribution is -2.07. The van der Waals surface area contributed by atoms with Crippen molar-refractivity contribution in [1.82, 2.24) is 0 Å². The summed E-state index contributed by atoms with van der Waals surface area (Å²) < 4.78 is 13.3. The quantitative estimate of drug-likeness (QED) is 0.832. The van der Waals surface area contributed by atoms with E-state index in [1.807, 2.05) is 13.8 Å². The fraction of sp³-hybridized carbons (Fsp3) is 0.417. The maximum atomic E-state index is 13.3. The Balaban J connectivity index is 3.12. The molecular formula is C12H15FO2. The van der Waals surface area contributed by atoms with Crippen molar-refractivity contribution in [3.63, 3.8) is 0 Å². The minimum Gasteiger partial charge on any atom is -0.481 e. The Morgan fingerprint density at radius 1 is 1.47 bits per heavy atom. The first-order valence-corrected chi connectivity index (χ1v) is 4.91. The molecule has 1 aromatic carbocycles. The van der Waals surface area contributed by atoms with Crippen LogP contribution in [-0.4, -0.2) is 11.1 Å². The summed E-state index contributed by atoms with van der Waals surface area (Å²) in [5.74, 6) is -1.28. The number of aryl methyl sites for hydroxylation is 1. The van der Waals surface area contributed by atoms with Crippen LogP contribution < -0.4 is 0 Å². The number of halogens is 1. The van der Waals surface area contributed by atoms with Gasteiger partial charge in [-0.25, -0.2) is 4.39 Å². The molecule has 0 saturated heterocycles. The monoisotopic (exact) mass is 210 g/mol. The number of benzene rings is 1. The lowest BCUT2D eigenvalue weighted by atomic mass is 9.89. The molecule has 0 spiro atoms. The second-order valence-corrected chi connectivity index (χ2v) is 3.90. The van der Waals surface area contributed by atoms with Gasteiger partial charge in [0.1, 0.15) is 5.82 Å². The zero-order valence-corrected chi connectivity index (χ0v) is 9.17. The van der Waals surface area contributed by atoms with Gasteiger partial charge in [-0.15, -0.1) is 0 Å². The number of hydrogen-bond acceptors (Lipinski definition) is 1. The lowest BCUT2D eigenvalue weighted by Gasteiger charge is -2.16. The molecule has 0 bridgehead atoms. The molecule has 1 N–H and O–H groups in total. The average Bonchev–Trinajstić information content (AvgIpc) is 2.11. The van der Waals surface area contributed by atoms with Gasteiger partial charge in [-0.3, -0.25) is 4.79 Å². The molecule has 0 aliphatic rings. The summed E-state index contributed by atoms with van der Waals surface area (Å²) in [6, 6.07) is 3.11. The molecule has 0 radical (unpaired) electrons. The Morgan fingerprint density at radius 3 is 2.60 bits per heavy atom. The topological polar surface area (TPSA) is 37.3 Å². The van der Waals surface area contributed by atoms with E-state index in [1.54, 1.807) is 13.0 Å². The summed E-state index contributed by atoms with van der Waals surface area (Å²) in [6.45, 7) is 5.37. The van der Waals surface area contributed by atoms with Gasteiger partial charge in [0.05, 0.1) is 6.42 Å². The van der Waals surface area contributed by atoms with Crippen LogP contribution in [-0.2, 0) is 4.79 Å². The largest absolute Gasteiger partial charge is 0.481 e. The molecule has 1 aromatic rings. The number of carboxylic acids is 1. The highest BCUT2D eigenvalue weighted by Gasteiger charge is 2.16. The fourth-order valence-electron chi connectivity index (χ4n) is 1.96. The van der Waals surface area contributed by atoms with E-state index in [1.165, 1.54) is 6.07 Å². The van der Waals surface area contributed by atoms with Crippen molar-refractivity contribution in [3.8, 4) is 0 Å². The molecular weight excluding hydrogens is 195 g/mol. The van der Waals surface area contributed by atoms with Crippen LogP contribution in [0.4, 0.5) is 4.39 Å². The Morgan fingerprint density at radius 2 is 2.07 bits per heavy atom. The minimum atomic E-state index is -0.856. The van der Waals surface area contributed by atoms with Crippen molar-refractivity contribution in [2.24, 2.45) is 0 Å². The highest BCUT2D eigenvalue weighted by Crippen LogP contribution is 2.27. The predicted octanol–water partition coefficient (Wildman–Crippen LogP) is 3.02. The van der Waals surface area contributed by atoms with Gasteiger partial charge in [-0.2, -0.15) is 0 Å². The molecule has 0 aliphatic heterocycles. The molecule has 82 valence electrons. The summed E-state index contributed by atoms with van der Waals surface area (Å²) in [5.41, 5.74) is 2.32. The van der Waals surface area contributed by atoms with Crippen molar-refractivity contribution in [3.05, 3.63) is 34.6 Å². The van der Waals surface area contributed by atoms with Crippen molar-refractivity contribution >= 4 is 5.97 Å². The molecule has 2 nitrogen and oxygen atoms in total. The van der Waals surface area contributed by atoms with E-state index in [0.29, 0.717) is 5.56 Å². The molecule has 0 amide bonds. The van der Waals surface area contributed by atoms with E-state index in [-0.39, 0.29) is 18.2 Å². The van der Waals surface area contributed by atoms with Crippen LogP contribution in [0, 0.1) is 19.7 Å². The molecule has 15 heavy (non-hydrogen) atoms. The Hall–Kier alpha value is -1.38. The van der Waals surface area contributed by atoms with E-state index in [9.17, 15) is 9.18 Å². The molecule has 1 unspecified atom stereocenters. The third kappa shape index (κ3) is 2.55. The zero-order valence-electron chi connectivity index (χ0n) is 9.17. The fourth-order valence-corrected chi connectivity index (χ4v) is 1.96. The lowest BCUT2D eigenvalue weighted by molar-refractivity contribution is -0.137. The van der Waals surface area contributed by atoms with E-state index in [2.05, 4.69) is 0 Å². The molecule has 1 rings (SSSR count). The molecule has 0 fully saturated rings. The smallest absolute Gasteiger partial charge is 0.303 e. The van der Waals surface area contributed by atoms with Crippen LogP contribution in [0.1, 0.15) is 36.0 Å². The first-order valence-electron chi connectivity index (χ1n) is 4.91. The van der Waals surface area contributed by atoms with Gasteiger partial charge < -0.3 is 5.11 Å². The molecule has 3 heteroatoms. The summed E-state index contributed by atoms with van der Waals surface area (Å²) in [4.78, 5) is 10.6. The summed E-state index contributed by atoms with van der Waals surface area (Å²) in [6.07, 6.45) is 0.0329. The highest BCUT2D eigenvalue weighted by atomic mass is 19.1. The van der Waals surface area contributed by atoms with Crippen LogP contribution in [0.15, 0.2) is 12.1 Å². The summed E-state index contributed by atoms with van der Waals surface area (Å²) in [5, 5.41) is 8.70. The van der Waals surface area contributed by atoms with Gasteiger partial charge in [0, 0.05) is 0 Å². The van der Waals surface area contributed by atoms with Crippen molar-refractivity contribution < 1.29 is 14.3 Å². The molecule has 0 aliphatic carbocycles. The normalized spacial score (nSPS) is 12.5. The van der Waals surface area contributed by atoms with Crippen molar-refractivity contribution in [1.29, 1.82) is 0 Å². The number of carboxylic acid groups (broad SMARTS) is 1. The van der Waals surface area contributed by atoms with Crippen LogP contribution in [0.3, 0.4) is 0 Å². The van der Waals surface area contributed by atoms with E-state index >= 15 is 0 Å².